The van der Waals surface area contributed by atoms with Gasteiger partial charge >= 0.3 is 12.1 Å². The van der Waals surface area contributed by atoms with E-state index >= 15 is 0 Å². The molecule has 0 aliphatic heterocycles. The largest absolute Gasteiger partial charge is 0.449 e. The van der Waals surface area contributed by atoms with Gasteiger partial charge < -0.3 is 19.1 Å². The predicted octanol–water partition coefficient (Wildman–Crippen LogP) is 4.27. The Morgan fingerprint density at radius 2 is 1.82 bits per heavy atom. The Bertz CT molecular complexity index is 1300. The summed E-state index contributed by atoms with van der Waals surface area (Å²) in [5.41, 5.74) is 0.520. The van der Waals surface area contributed by atoms with Gasteiger partial charge in [0.15, 0.2) is 5.82 Å². The second kappa shape index (κ2) is 8.77. The van der Waals surface area contributed by atoms with Crippen LogP contribution in [-0.4, -0.2) is 26.6 Å². The first kappa shape index (κ1) is 22.1. The zero-order valence-corrected chi connectivity index (χ0v) is 17.2. The Labute approximate surface area is 185 Å². The molecule has 0 radical (unpaired) electrons. The Morgan fingerprint density at radius 3 is 2.48 bits per heavy atom. The van der Waals surface area contributed by atoms with E-state index in [0.29, 0.717) is 11.3 Å². The fraction of sp³-hybridized carbons (Fsp3) is 0.182. The van der Waals surface area contributed by atoms with Gasteiger partial charge in [0.25, 0.3) is 5.91 Å². The first-order valence-electron chi connectivity index (χ1n) is 9.73. The van der Waals surface area contributed by atoms with Gasteiger partial charge in [0, 0.05) is 11.6 Å². The fourth-order valence-electron chi connectivity index (χ4n) is 3.27. The van der Waals surface area contributed by atoms with Gasteiger partial charge in [0.05, 0.1) is 11.0 Å². The maximum absolute atomic E-state index is 13.5. The highest BCUT2D eigenvalue weighted by Gasteiger charge is 2.38. The number of benzene rings is 2. The molecule has 0 spiro atoms. The molecule has 2 aromatic carbocycles. The van der Waals surface area contributed by atoms with Crippen molar-refractivity contribution in [1.82, 2.24) is 14.7 Å². The molecule has 33 heavy (non-hydrogen) atoms. The number of hydrogen-bond acceptors (Lipinski definition) is 6. The van der Waals surface area contributed by atoms with Gasteiger partial charge in [-0.2, -0.15) is 13.2 Å². The Hall–Kier alpha value is -4.15. The summed E-state index contributed by atoms with van der Waals surface area (Å²) in [5, 5.41) is 6.13. The van der Waals surface area contributed by atoms with E-state index in [0.717, 1.165) is 4.57 Å². The monoisotopic (exact) mass is 458 g/mol. The molecule has 0 bridgehead atoms. The molecular formula is C22H17F3N4O4. The number of imidazole rings is 1. The molecule has 1 atom stereocenters. The van der Waals surface area contributed by atoms with Crippen molar-refractivity contribution in [3.05, 3.63) is 77.8 Å². The third kappa shape index (κ3) is 4.86. The number of esters is 1. The van der Waals surface area contributed by atoms with E-state index in [1.807, 2.05) is 0 Å². The molecule has 1 amide bonds. The standard InChI is InChI=1S/C22H17F3N4O4/c1-13-11-17(28-33-13)27-20(31)19(14-7-3-2-4-8-14)32-18(30)12-29-16-10-6-5-9-15(16)26-21(29)22(23,24)25/h2-11,19H,12H2,1H3,(H,27,28,31). The van der Waals surface area contributed by atoms with Crippen LogP contribution in [0.5, 0.6) is 0 Å². The highest BCUT2D eigenvalue weighted by Crippen LogP contribution is 2.31. The van der Waals surface area contributed by atoms with E-state index in [1.165, 1.54) is 24.3 Å². The van der Waals surface area contributed by atoms with Crippen LogP contribution in [0.25, 0.3) is 11.0 Å². The summed E-state index contributed by atoms with van der Waals surface area (Å²) < 4.78 is 51.5. The Morgan fingerprint density at radius 1 is 1.12 bits per heavy atom. The van der Waals surface area contributed by atoms with Crippen molar-refractivity contribution in [2.75, 3.05) is 5.32 Å². The first-order chi connectivity index (χ1) is 15.7. The minimum absolute atomic E-state index is 0.0800. The molecule has 170 valence electrons. The van der Waals surface area contributed by atoms with Crippen LogP contribution in [-0.2, 0) is 27.0 Å². The highest BCUT2D eigenvalue weighted by molar-refractivity contribution is 5.95. The lowest BCUT2D eigenvalue weighted by Gasteiger charge is -2.18. The van der Waals surface area contributed by atoms with Crippen LogP contribution in [0.2, 0.25) is 0 Å². The third-order valence-corrected chi connectivity index (χ3v) is 4.66. The average Bonchev–Trinajstić information content (AvgIpc) is 3.36. The molecule has 2 aromatic heterocycles. The van der Waals surface area contributed by atoms with Crippen LogP contribution in [0, 0.1) is 6.92 Å². The zero-order chi connectivity index (χ0) is 23.6. The summed E-state index contributed by atoms with van der Waals surface area (Å²) in [7, 11) is 0. The van der Waals surface area contributed by atoms with Crippen LogP contribution in [0.1, 0.15) is 23.3 Å². The number of ether oxygens (including phenoxy) is 1. The van der Waals surface area contributed by atoms with Gasteiger partial charge in [-0.25, -0.2) is 4.98 Å². The second-order valence-corrected chi connectivity index (χ2v) is 7.10. The van der Waals surface area contributed by atoms with E-state index in [9.17, 15) is 22.8 Å². The number of para-hydroxylation sites is 2. The second-order valence-electron chi connectivity index (χ2n) is 7.10. The number of alkyl halides is 3. The van der Waals surface area contributed by atoms with Gasteiger partial charge in [0.2, 0.25) is 11.9 Å². The smallest absolute Gasteiger partial charge is 0.446 e. The number of nitrogens with one attached hydrogen (secondary N) is 1. The minimum atomic E-state index is -4.79. The number of aryl methyl sites for hydroxylation is 1. The summed E-state index contributed by atoms with van der Waals surface area (Å²) in [5.74, 6) is -2.47. The highest BCUT2D eigenvalue weighted by atomic mass is 19.4. The summed E-state index contributed by atoms with van der Waals surface area (Å²) in [6.07, 6.45) is -6.22. The molecule has 2 heterocycles. The summed E-state index contributed by atoms with van der Waals surface area (Å²) in [4.78, 5) is 29.2. The van der Waals surface area contributed by atoms with Gasteiger partial charge in [-0.05, 0) is 19.1 Å². The number of aromatic nitrogens is 3. The number of nitrogens with zero attached hydrogens (tertiary/aromatic N) is 3. The van der Waals surface area contributed by atoms with Crippen molar-refractivity contribution in [2.24, 2.45) is 0 Å². The van der Waals surface area contributed by atoms with Crippen molar-refractivity contribution in [1.29, 1.82) is 0 Å². The summed E-state index contributed by atoms with van der Waals surface area (Å²) >= 11 is 0. The average molecular weight is 458 g/mol. The molecule has 0 saturated carbocycles. The number of carbonyl (C=O) groups excluding carboxylic acids is 2. The molecule has 0 saturated heterocycles. The van der Waals surface area contributed by atoms with Gasteiger partial charge in [-0.1, -0.05) is 47.6 Å². The number of amides is 1. The van der Waals surface area contributed by atoms with Crippen molar-refractivity contribution < 1.29 is 32.0 Å². The van der Waals surface area contributed by atoms with Crippen LogP contribution in [0.4, 0.5) is 19.0 Å². The summed E-state index contributed by atoms with van der Waals surface area (Å²) in [6, 6.07) is 15.4. The molecule has 0 aliphatic rings. The lowest BCUT2D eigenvalue weighted by atomic mass is 10.1. The number of hydrogen-bond donors (Lipinski definition) is 1. The molecule has 1 unspecified atom stereocenters. The topological polar surface area (TPSA) is 99.2 Å². The lowest BCUT2D eigenvalue weighted by molar-refractivity contribution is -0.157. The van der Waals surface area contributed by atoms with Crippen LogP contribution < -0.4 is 5.32 Å². The molecule has 8 nitrogen and oxygen atoms in total. The molecule has 4 rings (SSSR count). The van der Waals surface area contributed by atoms with Crippen molar-refractivity contribution in [3.8, 4) is 0 Å². The van der Waals surface area contributed by atoms with Crippen LogP contribution in [0.3, 0.4) is 0 Å². The van der Waals surface area contributed by atoms with E-state index < -0.39 is 36.5 Å². The molecular weight excluding hydrogens is 441 g/mol. The van der Waals surface area contributed by atoms with Crippen molar-refractivity contribution in [2.45, 2.75) is 25.7 Å². The molecule has 0 fully saturated rings. The number of fused-ring (bicyclic) bond motifs is 1. The van der Waals surface area contributed by atoms with Gasteiger partial charge in [-0.15, -0.1) is 0 Å². The molecule has 4 aromatic rings. The number of rotatable bonds is 6. The molecule has 1 N–H and O–H groups in total. The van der Waals surface area contributed by atoms with Gasteiger partial charge in [0.1, 0.15) is 12.3 Å². The van der Waals surface area contributed by atoms with Crippen molar-refractivity contribution >= 4 is 28.7 Å². The van der Waals surface area contributed by atoms with E-state index in [1.54, 1.807) is 43.3 Å². The van der Waals surface area contributed by atoms with E-state index in [-0.39, 0.29) is 16.9 Å². The predicted molar refractivity (Wildman–Crippen MR) is 110 cm³/mol. The molecule has 0 aliphatic carbocycles. The third-order valence-electron chi connectivity index (χ3n) is 4.66. The Balaban J connectivity index is 1.61. The Kier molecular flexibility index (Phi) is 5.86. The zero-order valence-electron chi connectivity index (χ0n) is 17.2. The SMILES string of the molecule is Cc1cc(NC(=O)C(OC(=O)Cn2c(C(F)(F)F)nc3ccccc32)c2ccccc2)no1. The first-order valence-corrected chi connectivity index (χ1v) is 9.73. The fourth-order valence-corrected chi connectivity index (χ4v) is 3.27. The van der Waals surface area contributed by atoms with E-state index in [4.69, 9.17) is 9.26 Å². The van der Waals surface area contributed by atoms with E-state index in [2.05, 4.69) is 15.5 Å². The number of anilines is 1. The van der Waals surface area contributed by atoms with Crippen LogP contribution in [0.15, 0.2) is 65.2 Å². The summed E-state index contributed by atoms with van der Waals surface area (Å²) in [6.45, 7) is 0.833. The molecule has 11 heteroatoms. The van der Waals surface area contributed by atoms with Crippen molar-refractivity contribution in [3.63, 3.8) is 0 Å². The van der Waals surface area contributed by atoms with Crippen LogP contribution >= 0.6 is 0 Å². The normalized spacial score (nSPS) is 12.5. The minimum Gasteiger partial charge on any atom is -0.446 e. The lowest BCUT2D eigenvalue weighted by Crippen LogP contribution is -2.28. The number of carbonyl (C=O) groups is 2. The van der Waals surface area contributed by atoms with Gasteiger partial charge in [-0.3, -0.25) is 9.59 Å². The maximum atomic E-state index is 13.5. The quantitative estimate of drug-likeness (QED) is 0.433. The number of halogens is 3. The maximum Gasteiger partial charge on any atom is 0.449 e.